The van der Waals surface area contributed by atoms with Crippen LogP contribution in [0.4, 0.5) is 0 Å². The number of benzene rings is 1. The molecule has 0 saturated carbocycles. The molecule has 2 rings (SSSR count). The molecule has 1 aliphatic rings. The number of likely N-dealkylation sites (N-methyl/N-ethyl adjacent to an activating group) is 1. The standard InChI is InChI=1S/C17H27N3O.ClH/c1-4-20(17(21)16-6-5-11-18-16)13-15-9-7-14(8-10-15)12-19(2)3;/h7-10,16,18H,4-6,11-13H2,1-3H3;1H. The average molecular weight is 326 g/mol. The van der Waals surface area contributed by atoms with Crippen LogP contribution in [0, 0.1) is 0 Å². The number of hydrogen-bond donors (Lipinski definition) is 1. The molecule has 1 aliphatic heterocycles. The van der Waals surface area contributed by atoms with Gasteiger partial charge in [0.2, 0.25) is 5.91 Å². The Balaban J connectivity index is 0.00000242. The maximum Gasteiger partial charge on any atom is 0.239 e. The highest BCUT2D eigenvalue weighted by Crippen LogP contribution is 2.13. The van der Waals surface area contributed by atoms with E-state index in [1.54, 1.807) is 0 Å². The Hall–Kier alpha value is -1.10. The molecule has 0 aromatic heterocycles. The van der Waals surface area contributed by atoms with Crippen LogP contribution < -0.4 is 5.32 Å². The van der Waals surface area contributed by atoms with E-state index in [2.05, 4.69) is 48.6 Å². The molecule has 1 heterocycles. The summed E-state index contributed by atoms with van der Waals surface area (Å²) in [7, 11) is 4.14. The van der Waals surface area contributed by atoms with Gasteiger partial charge in [-0.1, -0.05) is 24.3 Å². The van der Waals surface area contributed by atoms with Crippen LogP contribution >= 0.6 is 12.4 Å². The predicted molar refractivity (Wildman–Crippen MR) is 93.2 cm³/mol. The van der Waals surface area contributed by atoms with E-state index >= 15 is 0 Å². The zero-order valence-corrected chi connectivity index (χ0v) is 14.7. The first-order chi connectivity index (χ1) is 10.1. The van der Waals surface area contributed by atoms with Crippen molar-refractivity contribution in [3.05, 3.63) is 35.4 Å². The second kappa shape index (κ2) is 9.13. The van der Waals surface area contributed by atoms with Crippen LogP contribution in [-0.2, 0) is 17.9 Å². The lowest BCUT2D eigenvalue weighted by Crippen LogP contribution is -2.43. The molecule has 0 spiro atoms. The molecule has 1 aromatic carbocycles. The van der Waals surface area contributed by atoms with E-state index in [-0.39, 0.29) is 24.4 Å². The van der Waals surface area contributed by atoms with Crippen molar-refractivity contribution in [2.75, 3.05) is 27.2 Å². The molecule has 0 bridgehead atoms. The molecule has 22 heavy (non-hydrogen) atoms. The van der Waals surface area contributed by atoms with Crippen molar-refractivity contribution in [2.45, 2.75) is 38.9 Å². The quantitative estimate of drug-likeness (QED) is 0.871. The highest BCUT2D eigenvalue weighted by atomic mass is 35.5. The van der Waals surface area contributed by atoms with Gasteiger partial charge in [0.25, 0.3) is 0 Å². The monoisotopic (exact) mass is 325 g/mol. The largest absolute Gasteiger partial charge is 0.337 e. The zero-order valence-electron chi connectivity index (χ0n) is 13.8. The first-order valence-corrected chi connectivity index (χ1v) is 7.85. The number of halogens is 1. The van der Waals surface area contributed by atoms with Crippen molar-refractivity contribution in [3.63, 3.8) is 0 Å². The van der Waals surface area contributed by atoms with Crippen LogP contribution in [0.1, 0.15) is 30.9 Å². The van der Waals surface area contributed by atoms with Gasteiger partial charge >= 0.3 is 0 Å². The second-order valence-corrected chi connectivity index (χ2v) is 6.06. The molecule has 1 amide bonds. The van der Waals surface area contributed by atoms with Crippen molar-refractivity contribution in [2.24, 2.45) is 0 Å². The minimum absolute atomic E-state index is 0. The minimum atomic E-state index is 0. The SMILES string of the molecule is CCN(Cc1ccc(CN(C)C)cc1)C(=O)C1CCCN1.Cl. The Kier molecular flexibility index (Phi) is 7.87. The number of amides is 1. The highest BCUT2D eigenvalue weighted by molar-refractivity contribution is 5.85. The molecule has 1 saturated heterocycles. The normalized spacial score (nSPS) is 17.4. The number of nitrogens with one attached hydrogen (secondary N) is 1. The molecule has 5 heteroatoms. The Labute approximate surface area is 140 Å². The summed E-state index contributed by atoms with van der Waals surface area (Å²) in [5.74, 6) is 0.243. The van der Waals surface area contributed by atoms with Crippen molar-refractivity contribution in [1.29, 1.82) is 0 Å². The van der Waals surface area contributed by atoms with Gasteiger partial charge in [0, 0.05) is 19.6 Å². The van der Waals surface area contributed by atoms with E-state index < -0.39 is 0 Å². The van der Waals surface area contributed by atoms with Gasteiger partial charge in [-0.3, -0.25) is 4.79 Å². The molecule has 1 N–H and O–H groups in total. The van der Waals surface area contributed by atoms with Crippen molar-refractivity contribution < 1.29 is 4.79 Å². The van der Waals surface area contributed by atoms with Gasteiger partial charge in [-0.2, -0.15) is 0 Å². The van der Waals surface area contributed by atoms with Crippen LogP contribution in [0.3, 0.4) is 0 Å². The lowest BCUT2D eigenvalue weighted by Gasteiger charge is -2.24. The molecule has 1 aromatic rings. The topological polar surface area (TPSA) is 35.6 Å². The predicted octanol–water partition coefficient (Wildman–Crippen LogP) is 2.27. The van der Waals surface area contributed by atoms with Gasteiger partial charge in [0.1, 0.15) is 0 Å². The first-order valence-electron chi connectivity index (χ1n) is 7.85. The fraction of sp³-hybridized carbons (Fsp3) is 0.588. The smallest absolute Gasteiger partial charge is 0.239 e. The van der Waals surface area contributed by atoms with E-state index in [0.29, 0.717) is 6.54 Å². The fourth-order valence-corrected chi connectivity index (χ4v) is 2.80. The third-order valence-corrected chi connectivity index (χ3v) is 3.95. The van der Waals surface area contributed by atoms with E-state index in [9.17, 15) is 4.79 Å². The van der Waals surface area contributed by atoms with Crippen molar-refractivity contribution in [1.82, 2.24) is 15.1 Å². The number of nitrogens with zero attached hydrogens (tertiary/aromatic N) is 2. The molecular formula is C17H28ClN3O. The number of carbonyl (C=O) groups is 1. The van der Waals surface area contributed by atoms with Gasteiger partial charge in [-0.25, -0.2) is 0 Å². The summed E-state index contributed by atoms with van der Waals surface area (Å²) in [4.78, 5) is 16.6. The van der Waals surface area contributed by atoms with Gasteiger partial charge in [-0.05, 0) is 51.5 Å². The molecule has 1 atom stereocenters. The third kappa shape index (κ3) is 5.27. The van der Waals surface area contributed by atoms with Gasteiger partial charge in [0.15, 0.2) is 0 Å². The molecular weight excluding hydrogens is 298 g/mol. The molecule has 1 unspecified atom stereocenters. The van der Waals surface area contributed by atoms with Crippen LogP contribution in [0.15, 0.2) is 24.3 Å². The summed E-state index contributed by atoms with van der Waals surface area (Å²) in [5.41, 5.74) is 2.50. The molecule has 124 valence electrons. The maximum absolute atomic E-state index is 12.5. The summed E-state index contributed by atoms with van der Waals surface area (Å²) >= 11 is 0. The van der Waals surface area contributed by atoms with Crippen LogP contribution in [-0.4, -0.2) is 48.9 Å². The van der Waals surface area contributed by atoms with Gasteiger partial charge < -0.3 is 15.1 Å². The number of hydrogen-bond acceptors (Lipinski definition) is 3. The van der Waals surface area contributed by atoms with E-state index in [0.717, 1.165) is 32.5 Å². The number of carbonyl (C=O) groups excluding carboxylic acids is 1. The Morgan fingerprint density at radius 2 is 1.77 bits per heavy atom. The Bertz CT molecular complexity index is 455. The summed E-state index contributed by atoms with van der Waals surface area (Å²) in [6.07, 6.45) is 2.07. The summed E-state index contributed by atoms with van der Waals surface area (Å²) in [6, 6.07) is 8.61. The second-order valence-electron chi connectivity index (χ2n) is 6.06. The first kappa shape index (κ1) is 18.9. The van der Waals surface area contributed by atoms with Crippen LogP contribution in [0.2, 0.25) is 0 Å². The van der Waals surface area contributed by atoms with E-state index in [1.165, 1.54) is 11.1 Å². The summed E-state index contributed by atoms with van der Waals surface area (Å²) in [5, 5.41) is 3.29. The summed E-state index contributed by atoms with van der Waals surface area (Å²) in [6.45, 7) is 5.43. The fourth-order valence-electron chi connectivity index (χ4n) is 2.80. The molecule has 4 nitrogen and oxygen atoms in total. The minimum Gasteiger partial charge on any atom is -0.337 e. The van der Waals surface area contributed by atoms with Gasteiger partial charge in [-0.15, -0.1) is 12.4 Å². The average Bonchev–Trinajstić information content (AvgIpc) is 2.99. The lowest BCUT2D eigenvalue weighted by molar-refractivity contribution is -0.133. The Morgan fingerprint density at radius 3 is 2.23 bits per heavy atom. The van der Waals surface area contributed by atoms with Gasteiger partial charge in [0.05, 0.1) is 6.04 Å². The summed E-state index contributed by atoms with van der Waals surface area (Å²) < 4.78 is 0. The highest BCUT2D eigenvalue weighted by Gasteiger charge is 2.25. The maximum atomic E-state index is 12.5. The van der Waals surface area contributed by atoms with Crippen LogP contribution in [0.5, 0.6) is 0 Å². The van der Waals surface area contributed by atoms with Crippen molar-refractivity contribution >= 4 is 18.3 Å². The third-order valence-electron chi connectivity index (χ3n) is 3.95. The van der Waals surface area contributed by atoms with Crippen LogP contribution in [0.25, 0.3) is 0 Å². The lowest BCUT2D eigenvalue weighted by atomic mass is 10.1. The van der Waals surface area contributed by atoms with E-state index in [4.69, 9.17) is 0 Å². The van der Waals surface area contributed by atoms with Crippen molar-refractivity contribution in [3.8, 4) is 0 Å². The molecule has 0 radical (unpaired) electrons. The molecule has 0 aliphatic carbocycles. The van der Waals surface area contributed by atoms with E-state index in [1.807, 2.05) is 11.8 Å². The zero-order chi connectivity index (χ0) is 15.2. The number of rotatable bonds is 6. The molecule has 1 fully saturated rings. The Morgan fingerprint density at radius 1 is 1.18 bits per heavy atom.